The van der Waals surface area contributed by atoms with E-state index >= 15 is 0 Å². The molecule has 0 spiro atoms. The van der Waals surface area contributed by atoms with E-state index in [1.54, 1.807) is 29.8 Å². The van der Waals surface area contributed by atoms with Gasteiger partial charge in [-0.3, -0.25) is 14.0 Å². The van der Waals surface area contributed by atoms with Gasteiger partial charge in [-0.2, -0.15) is 0 Å². The lowest BCUT2D eigenvalue weighted by molar-refractivity contribution is 0.0698. The number of aromatic amines is 1. The van der Waals surface area contributed by atoms with Gasteiger partial charge in [-0.05, 0) is 32.8 Å². The molecule has 3 aromatic rings. The van der Waals surface area contributed by atoms with Crippen molar-refractivity contribution in [2.75, 3.05) is 13.1 Å². The first-order valence-electron chi connectivity index (χ1n) is 8.70. The molecular formula is C18H20N6O2. The molecule has 1 aliphatic rings. The summed E-state index contributed by atoms with van der Waals surface area (Å²) in [6.45, 7) is 4.82. The molecule has 8 nitrogen and oxygen atoms in total. The Morgan fingerprint density at radius 1 is 1.31 bits per heavy atom. The van der Waals surface area contributed by atoms with Crippen LogP contribution in [0.5, 0.6) is 0 Å². The number of piperidine rings is 1. The average Bonchev–Trinajstić information content (AvgIpc) is 2.96. The molecule has 0 bridgehead atoms. The third-order valence-corrected chi connectivity index (χ3v) is 4.79. The standard InChI is InChI=1S/C18H20N6O2/c1-11-16(24-8-4-6-19-18(24)20-11)17(26)23-7-3-5-13(10-23)14-9-15(25)22-12(2)21-14/h4,6,8-9,13H,3,5,7,10H2,1-2H3,(H,21,22,25). The number of nitrogens with zero attached hydrogens (tertiary/aromatic N) is 5. The zero-order valence-corrected chi connectivity index (χ0v) is 14.8. The van der Waals surface area contributed by atoms with Crippen LogP contribution in [0.3, 0.4) is 0 Å². The van der Waals surface area contributed by atoms with E-state index in [1.807, 2.05) is 11.8 Å². The highest BCUT2D eigenvalue weighted by atomic mass is 16.2. The maximum absolute atomic E-state index is 13.2. The lowest BCUT2D eigenvalue weighted by Gasteiger charge is -2.32. The molecule has 1 atom stereocenters. The monoisotopic (exact) mass is 352 g/mol. The summed E-state index contributed by atoms with van der Waals surface area (Å²) in [5.74, 6) is 1.12. The topological polar surface area (TPSA) is 96.2 Å². The van der Waals surface area contributed by atoms with E-state index in [2.05, 4.69) is 19.9 Å². The first-order valence-corrected chi connectivity index (χ1v) is 8.70. The predicted molar refractivity (Wildman–Crippen MR) is 95.2 cm³/mol. The number of aryl methyl sites for hydroxylation is 2. The Bertz CT molecular complexity index is 1040. The number of H-pyrrole nitrogens is 1. The minimum Gasteiger partial charge on any atom is -0.337 e. The highest BCUT2D eigenvalue weighted by molar-refractivity contribution is 5.94. The van der Waals surface area contributed by atoms with Crippen LogP contribution in [0.15, 0.2) is 29.3 Å². The summed E-state index contributed by atoms with van der Waals surface area (Å²) >= 11 is 0. The molecule has 4 heterocycles. The second kappa shape index (κ2) is 6.36. The summed E-state index contributed by atoms with van der Waals surface area (Å²) in [7, 11) is 0. The van der Waals surface area contributed by atoms with E-state index in [-0.39, 0.29) is 17.4 Å². The van der Waals surface area contributed by atoms with Gasteiger partial charge in [0.1, 0.15) is 11.5 Å². The van der Waals surface area contributed by atoms with E-state index in [0.717, 1.165) is 18.5 Å². The molecule has 1 aliphatic heterocycles. The maximum atomic E-state index is 13.2. The molecule has 26 heavy (non-hydrogen) atoms. The molecule has 134 valence electrons. The number of likely N-dealkylation sites (tertiary alicyclic amines) is 1. The summed E-state index contributed by atoms with van der Waals surface area (Å²) in [5.41, 5.74) is 1.81. The normalized spacial score (nSPS) is 17.6. The average molecular weight is 352 g/mol. The Morgan fingerprint density at radius 2 is 2.15 bits per heavy atom. The molecule has 1 N–H and O–H groups in total. The summed E-state index contributed by atoms with van der Waals surface area (Å²) in [6.07, 6.45) is 5.25. The number of rotatable bonds is 2. The number of amides is 1. The Kier molecular flexibility index (Phi) is 4.02. The zero-order valence-electron chi connectivity index (χ0n) is 14.8. The van der Waals surface area contributed by atoms with E-state index < -0.39 is 0 Å². The van der Waals surface area contributed by atoms with Crippen LogP contribution in [0, 0.1) is 13.8 Å². The van der Waals surface area contributed by atoms with Gasteiger partial charge in [0.2, 0.25) is 5.78 Å². The summed E-state index contributed by atoms with van der Waals surface area (Å²) in [4.78, 5) is 42.4. The van der Waals surface area contributed by atoms with Crippen LogP contribution in [-0.4, -0.2) is 48.2 Å². The van der Waals surface area contributed by atoms with Gasteiger partial charge in [-0.25, -0.2) is 15.0 Å². The number of hydrogen-bond donors (Lipinski definition) is 1. The molecule has 3 aromatic heterocycles. The fraction of sp³-hybridized carbons (Fsp3) is 0.389. The first kappa shape index (κ1) is 16.4. The van der Waals surface area contributed by atoms with Crippen molar-refractivity contribution in [3.63, 3.8) is 0 Å². The lowest BCUT2D eigenvalue weighted by atomic mass is 9.94. The van der Waals surface area contributed by atoms with Gasteiger partial charge < -0.3 is 9.88 Å². The molecule has 0 aliphatic carbocycles. The van der Waals surface area contributed by atoms with E-state index in [1.165, 1.54) is 6.07 Å². The Morgan fingerprint density at radius 3 is 2.96 bits per heavy atom. The van der Waals surface area contributed by atoms with Crippen LogP contribution in [0.1, 0.15) is 46.5 Å². The van der Waals surface area contributed by atoms with Crippen LogP contribution >= 0.6 is 0 Å². The number of carbonyl (C=O) groups is 1. The van der Waals surface area contributed by atoms with Gasteiger partial charge in [0.05, 0.1) is 11.4 Å². The Balaban J connectivity index is 1.64. The highest BCUT2D eigenvalue weighted by Crippen LogP contribution is 2.26. The number of fused-ring (bicyclic) bond motifs is 1. The number of imidazole rings is 1. The molecule has 0 saturated carbocycles. The second-order valence-corrected chi connectivity index (χ2v) is 6.68. The molecule has 1 saturated heterocycles. The Labute approximate surface area is 149 Å². The number of nitrogens with one attached hydrogen (secondary N) is 1. The fourth-order valence-electron chi connectivity index (χ4n) is 3.62. The zero-order chi connectivity index (χ0) is 18.3. The Hall–Kier alpha value is -3.03. The summed E-state index contributed by atoms with van der Waals surface area (Å²) < 4.78 is 1.73. The third kappa shape index (κ3) is 2.87. The van der Waals surface area contributed by atoms with Crippen molar-refractivity contribution >= 4 is 11.7 Å². The summed E-state index contributed by atoms with van der Waals surface area (Å²) in [5, 5.41) is 0. The van der Waals surface area contributed by atoms with Gasteiger partial charge in [-0.15, -0.1) is 0 Å². The van der Waals surface area contributed by atoms with Crippen molar-refractivity contribution in [2.24, 2.45) is 0 Å². The molecule has 0 aromatic carbocycles. The smallest absolute Gasteiger partial charge is 0.272 e. The van der Waals surface area contributed by atoms with Crippen molar-refractivity contribution in [3.05, 3.63) is 57.8 Å². The lowest BCUT2D eigenvalue weighted by Crippen LogP contribution is -2.40. The van der Waals surface area contributed by atoms with Crippen LogP contribution in [0.25, 0.3) is 5.78 Å². The number of carbonyl (C=O) groups excluding carboxylic acids is 1. The van der Waals surface area contributed by atoms with Crippen molar-refractivity contribution < 1.29 is 4.79 Å². The van der Waals surface area contributed by atoms with Crippen LogP contribution in [0.4, 0.5) is 0 Å². The molecule has 1 fully saturated rings. The third-order valence-electron chi connectivity index (χ3n) is 4.79. The predicted octanol–water partition coefficient (Wildman–Crippen LogP) is 1.45. The van der Waals surface area contributed by atoms with E-state index in [9.17, 15) is 9.59 Å². The SMILES string of the molecule is Cc1nc(C2CCCN(C(=O)c3c(C)nc4ncccn34)C2)cc(=O)[nH]1. The van der Waals surface area contributed by atoms with E-state index in [0.29, 0.717) is 36.1 Å². The molecule has 8 heteroatoms. The van der Waals surface area contributed by atoms with Crippen molar-refractivity contribution in [1.82, 2.24) is 29.2 Å². The molecule has 1 amide bonds. The van der Waals surface area contributed by atoms with Crippen molar-refractivity contribution in [2.45, 2.75) is 32.6 Å². The summed E-state index contributed by atoms with van der Waals surface area (Å²) in [6, 6.07) is 3.32. The second-order valence-electron chi connectivity index (χ2n) is 6.68. The van der Waals surface area contributed by atoms with Crippen LogP contribution in [0.2, 0.25) is 0 Å². The quantitative estimate of drug-likeness (QED) is 0.753. The van der Waals surface area contributed by atoms with Gasteiger partial charge in [0.25, 0.3) is 11.5 Å². The number of hydrogen-bond acceptors (Lipinski definition) is 5. The fourth-order valence-corrected chi connectivity index (χ4v) is 3.62. The van der Waals surface area contributed by atoms with E-state index in [4.69, 9.17) is 0 Å². The minimum atomic E-state index is -0.153. The van der Waals surface area contributed by atoms with Crippen molar-refractivity contribution in [3.8, 4) is 0 Å². The number of aromatic nitrogens is 5. The molecule has 4 rings (SSSR count). The van der Waals surface area contributed by atoms with Gasteiger partial charge in [0, 0.05) is 37.5 Å². The maximum Gasteiger partial charge on any atom is 0.272 e. The largest absolute Gasteiger partial charge is 0.337 e. The molecular weight excluding hydrogens is 332 g/mol. The van der Waals surface area contributed by atoms with Gasteiger partial charge in [-0.1, -0.05) is 0 Å². The van der Waals surface area contributed by atoms with Crippen LogP contribution < -0.4 is 5.56 Å². The molecule has 1 unspecified atom stereocenters. The highest BCUT2D eigenvalue weighted by Gasteiger charge is 2.29. The van der Waals surface area contributed by atoms with Crippen LogP contribution in [-0.2, 0) is 0 Å². The van der Waals surface area contributed by atoms with Crippen molar-refractivity contribution in [1.29, 1.82) is 0 Å². The first-order chi connectivity index (χ1) is 12.5. The van der Waals surface area contributed by atoms with Gasteiger partial charge >= 0.3 is 0 Å². The molecule has 0 radical (unpaired) electrons. The van der Waals surface area contributed by atoms with Gasteiger partial charge in [0.15, 0.2) is 0 Å². The minimum absolute atomic E-state index is 0.0609.